The van der Waals surface area contributed by atoms with E-state index in [1.54, 1.807) is 19.2 Å². The van der Waals surface area contributed by atoms with Gasteiger partial charge in [0.2, 0.25) is 5.91 Å². The number of hydrogen-bond acceptors (Lipinski definition) is 6. The zero-order valence-corrected chi connectivity index (χ0v) is 18.0. The molecule has 33 heavy (non-hydrogen) atoms. The minimum atomic E-state index is -4.57. The number of alkyl halides is 3. The summed E-state index contributed by atoms with van der Waals surface area (Å²) in [6, 6.07) is 0.552. The van der Waals surface area contributed by atoms with Crippen molar-refractivity contribution in [3.05, 3.63) is 35.5 Å². The Kier molecular flexibility index (Phi) is 6.39. The van der Waals surface area contributed by atoms with Crippen molar-refractivity contribution in [1.82, 2.24) is 25.3 Å². The average molecular weight is 489 g/mol. The van der Waals surface area contributed by atoms with Gasteiger partial charge >= 0.3 is 6.18 Å². The molecule has 0 radical (unpaired) electrons. The van der Waals surface area contributed by atoms with Gasteiger partial charge in [-0.05, 0) is 13.0 Å². The molecule has 3 aromatic rings. The van der Waals surface area contributed by atoms with E-state index in [9.17, 15) is 22.4 Å². The van der Waals surface area contributed by atoms with E-state index in [0.717, 1.165) is 6.20 Å². The first kappa shape index (κ1) is 23.2. The molecule has 0 bridgehead atoms. The molecule has 0 aliphatic carbocycles. The minimum Gasteiger partial charge on any atom is -0.377 e. The number of hydrogen-bond donors (Lipinski definition) is 2. The zero-order chi connectivity index (χ0) is 23.8. The summed E-state index contributed by atoms with van der Waals surface area (Å²) in [4.78, 5) is 29.3. The van der Waals surface area contributed by atoms with E-state index in [1.165, 1.54) is 11.1 Å². The van der Waals surface area contributed by atoms with Gasteiger partial charge in [-0.1, -0.05) is 11.6 Å². The van der Waals surface area contributed by atoms with Gasteiger partial charge in [-0.3, -0.25) is 4.79 Å². The second-order valence-corrected chi connectivity index (χ2v) is 7.87. The van der Waals surface area contributed by atoms with Crippen molar-refractivity contribution in [1.29, 1.82) is 0 Å². The Labute approximate surface area is 191 Å². The lowest BCUT2D eigenvalue weighted by Gasteiger charge is -2.25. The van der Waals surface area contributed by atoms with Gasteiger partial charge in [0.15, 0.2) is 17.5 Å². The van der Waals surface area contributed by atoms with Gasteiger partial charge in [-0.2, -0.15) is 13.2 Å². The highest BCUT2D eigenvalue weighted by Crippen LogP contribution is 2.32. The normalized spacial score (nSPS) is 18.8. The molecule has 3 aromatic heterocycles. The lowest BCUT2D eigenvalue weighted by atomic mass is 10.2. The Morgan fingerprint density at radius 2 is 2.18 bits per heavy atom. The summed E-state index contributed by atoms with van der Waals surface area (Å²) in [5.41, 5.74) is 1.02. The summed E-state index contributed by atoms with van der Waals surface area (Å²) in [5, 5.41) is 2.85. The van der Waals surface area contributed by atoms with Crippen molar-refractivity contribution < 1.29 is 28.5 Å². The first-order valence-corrected chi connectivity index (χ1v) is 10.4. The molecule has 1 aliphatic heterocycles. The molecule has 4 rings (SSSR count). The number of ether oxygens (including phenoxy) is 1. The molecule has 13 heteroatoms. The second-order valence-electron chi connectivity index (χ2n) is 7.43. The molecule has 0 spiro atoms. The molecule has 1 fully saturated rings. The summed E-state index contributed by atoms with van der Waals surface area (Å²) in [6.45, 7) is 0.666. The number of halogens is 5. The second kappa shape index (κ2) is 9.10. The Balaban J connectivity index is 0.00000324. The highest BCUT2D eigenvalue weighted by Gasteiger charge is 2.40. The smallest absolute Gasteiger partial charge is 0.377 e. The molecular formula is C20H21ClF4N6O2. The Bertz CT molecular complexity index is 1180. The van der Waals surface area contributed by atoms with Crippen LogP contribution in [-0.2, 0) is 9.53 Å². The van der Waals surface area contributed by atoms with Crippen molar-refractivity contribution >= 4 is 34.4 Å². The Morgan fingerprint density at radius 3 is 2.91 bits per heavy atom. The largest absolute Gasteiger partial charge is 0.405 e. The van der Waals surface area contributed by atoms with Crippen LogP contribution in [-0.4, -0.2) is 63.9 Å². The fourth-order valence-electron chi connectivity index (χ4n) is 3.79. The number of nitrogens with zero attached hydrogens (tertiary/aromatic N) is 4. The molecule has 2 atom stereocenters. The molecule has 1 saturated heterocycles. The van der Waals surface area contributed by atoms with Gasteiger partial charge in [0, 0.05) is 44.3 Å². The van der Waals surface area contributed by atoms with Crippen molar-refractivity contribution in [2.75, 3.05) is 24.6 Å². The maximum absolute atomic E-state index is 14.8. The summed E-state index contributed by atoms with van der Waals surface area (Å²) in [7, 11) is 0. The molecule has 1 unspecified atom stereocenters. The van der Waals surface area contributed by atoms with Crippen molar-refractivity contribution in [3.8, 4) is 11.4 Å². The number of aromatic amines is 1. The molecule has 0 saturated carbocycles. The third-order valence-corrected chi connectivity index (χ3v) is 5.37. The van der Waals surface area contributed by atoms with Gasteiger partial charge in [-0.25, -0.2) is 19.3 Å². The van der Waals surface area contributed by atoms with Crippen LogP contribution in [0.2, 0.25) is 5.02 Å². The number of pyridine rings is 1. The minimum absolute atomic E-state index is 0. The quantitative estimate of drug-likeness (QED) is 0.513. The zero-order valence-electron chi connectivity index (χ0n) is 17.3. The Morgan fingerprint density at radius 1 is 1.39 bits per heavy atom. The number of fused-ring (bicyclic) bond motifs is 1. The van der Waals surface area contributed by atoms with Crippen LogP contribution in [0.4, 0.5) is 23.4 Å². The van der Waals surface area contributed by atoms with E-state index in [4.69, 9.17) is 16.3 Å². The lowest BCUT2D eigenvalue weighted by Crippen LogP contribution is -2.46. The van der Waals surface area contributed by atoms with Gasteiger partial charge in [-0.15, -0.1) is 0 Å². The molecule has 2 N–H and O–H groups in total. The number of carbonyl (C=O) groups excluding carboxylic acids is 1. The van der Waals surface area contributed by atoms with E-state index in [0.29, 0.717) is 28.2 Å². The fraction of sp³-hybridized carbons (Fsp3) is 0.400. The third-order valence-electron chi connectivity index (χ3n) is 5.17. The molecule has 0 aromatic carbocycles. The van der Waals surface area contributed by atoms with Crippen LogP contribution >= 0.6 is 11.6 Å². The van der Waals surface area contributed by atoms with E-state index < -0.39 is 36.6 Å². The standard InChI is InChI=1S/C20H19ClF4N6O2.H2/c1-2-33-11-4-15(19(32)29-9-20(23,24)25)31(8-11)18-14(22)7-28-17(30-18)13-6-27-16-12(13)3-10(21)5-26-16;/h3,5-7,11,15H,2,4,8-9H2,1H3,(H,26,27)(H,29,32);1H/t11?,15-;/m0./s1. The van der Waals surface area contributed by atoms with Crippen LogP contribution in [0.25, 0.3) is 22.4 Å². The van der Waals surface area contributed by atoms with Crippen LogP contribution in [0.3, 0.4) is 0 Å². The molecule has 1 amide bonds. The number of rotatable bonds is 6. The highest BCUT2D eigenvalue weighted by molar-refractivity contribution is 6.31. The number of H-pyrrole nitrogens is 1. The van der Waals surface area contributed by atoms with Gasteiger partial charge in [0.05, 0.1) is 17.3 Å². The predicted molar refractivity (Wildman–Crippen MR) is 114 cm³/mol. The van der Waals surface area contributed by atoms with Crippen molar-refractivity contribution in [2.45, 2.75) is 31.7 Å². The first-order valence-electron chi connectivity index (χ1n) is 10.0. The van der Waals surface area contributed by atoms with E-state index >= 15 is 0 Å². The number of amides is 1. The SMILES string of the molecule is CCOC1C[C@@H](C(=O)NCC(F)(F)F)N(c2nc(-c3c[nH]c4ncc(Cl)cc34)ncc2F)C1.[HH]. The lowest BCUT2D eigenvalue weighted by molar-refractivity contribution is -0.139. The van der Waals surface area contributed by atoms with Crippen molar-refractivity contribution in [2.24, 2.45) is 0 Å². The van der Waals surface area contributed by atoms with Gasteiger partial charge in [0.25, 0.3) is 0 Å². The number of anilines is 1. The van der Waals surface area contributed by atoms with E-state index in [-0.39, 0.29) is 26.0 Å². The molecular weight excluding hydrogens is 468 g/mol. The average Bonchev–Trinajstić information content (AvgIpc) is 3.36. The monoisotopic (exact) mass is 488 g/mol. The highest BCUT2D eigenvalue weighted by atomic mass is 35.5. The van der Waals surface area contributed by atoms with Crippen LogP contribution in [0.5, 0.6) is 0 Å². The van der Waals surface area contributed by atoms with Crippen LogP contribution < -0.4 is 10.2 Å². The van der Waals surface area contributed by atoms with E-state index in [2.05, 4.69) is 19.9 Å². The molecule has 1 aliphatic rings. The van der Waals surface area contributed by atoms with Gasteiger partial charge < -0.3 is 19.9 Å². The van der Waals surface area contributed by atoms with Crippen LogP contribution in [0.1, 0.15) is 14.8 Å². The summed E-state index contributed by atoms with van der Waals surface area (Å²) in [6.07, 6.45) is -0.966. The van der Waals surface area contributed by atoms with Gasteiger partial charge in [0.1, 0.15) is 18.2 Å². The third kappa shape index (κ3) is 5.01. The van der Waals surface area contributed by atoms with Crippen LogP contribution in [0.15, 0.2) is 24.7 Å². The van der Waals surface area contributed by atoms with Crippen LogP contribution in [0, 0.1) is 5.82 Å². The topological polar surface area (TPSA) is 96.0 Å². The molecule has 178 valence electrons. The number of aromatic nitrogens is 4. The summed E-state index contributed by atoms with van der Waals surface area (Å²) >= 11 is 6.03. The summed E-state index contributed by atoms with van der Waals surface area (Å²) in [5.74, 6) is -1.78. The molecule has 8 nitrogen and oxygen atoms in total. The first-order chi connectivity index (χ1) is 15.7. The number of carbonyl (C=O) groups is 1. The maximum Gasteiger partial charge on any atom is 0.405 e. The van der Waals surface area contributed by atoms with Crippen molar-refractivity contribution in [3.63, 3.8) is 0 Å². The summed E-state index contributed by atoms with van der Waals surface area (Å²) < 4.78 is 58.2. The maximum atomic E-state index is 14.8. The molecule has 4 heterocycles. The van der Waals surface area contributed by atoms with E-state index in [1.807, 2.05) is 5.32 Å². The Hall–Kier alpha value is -2.99. The predicted octanol–water partition coefficient (Wildman–Crippen LogP) is 3.72. The fourth-order valence-corrected chi connectivity index (χ4v) is 3.95. The number of nitrogens with one attached hydrogen (secondary N) is 2.